The molecule has 21 heavy (non-hydrogen) atoms. The second kappa shape index (κ2) is 6.13. The minimum Gasteiger partial charge on any atom is -0.383 e. The van der Waals surface area contributed by atoms with E-state index in [1.54, 1.807) is 12.4 Å². The standard InChI is InChI=1S/C13H17N7S/c1-21-13-17-10(14)9-11(18-13)19-5-7-20(8-6-19)12-15-3-2-4-16-12/h2-4,9H,5-8H2,1H3,(H2,14,17,18). The number of nitrogen functional groups attached to an aromatic ring is 1. The van der Waals surface area contributed by atoms with Crippen LogP contribution < -0.4 is 15.5 Å². The third-order valence-corrected chi connectivity index (χ3v) is 3.88. The fraction of sp³-hybridized carbons (Fsp3) is 0.385. The number of hydrogen-bond acceptors (Lipinski definition) is 8. The van der Waals surface area contributed by atoms with Crippen LogP contribution in [0.15, 0.2) is 29.7 Å². The summed E-state index contributed by atoms with van der Waals surface area (Å²) < 4.78 is 0. The van der Waals surface area contributed by atoms with Crippen molar-refractivity contribution in [3.05, 3.63) is 24.5 Å². The van der Waals surface area contributed by atoms with Gasteiger partial charge in [0.2, 0.25) is 5.95 Å². The predicted octanol–water partition coefficient (Wildman–Crippen LogP) is 0.897. The van der Waals surface area contributed by atoms with Gasteiger partial charge in [0.05, 0.1) is 0 Å². The zero-order chi connectivity index (χ0) is 14.7. The van der Waals surface area contributed by atoms with Crippen molar-refractivity contribution in [3.8, 4) is 0 Å². The molecule has 0 bridgehead atoms. The van der Waals surface area contributed by atoms with Crippen molar-refractivity contribution in [3.63, 3.8) is 0 Å². The Kier molecular flexibility index (Phi) is 4.05. The first kappa shape index (κ1) is 13.9. The van der Waals surface area contributed by atoms with E-state index in [1.165, 1.54) is 11.8 Å². The first-order valence-electron chi connectivity index (χ1n) is 6.72. The molecule has 3 heterocycles. The van der Waals surface area contributed by atoms with Crippen LogP contribution in [-0.4, -0.2) is 52.4 Å². The topological polar surface area (TPSA) is 84.1 Å². The second-order valence-corrected chi connectivity index (χ2v) is 5.43. The molecule has 110 valence electrons. The number of nitrogens with two attached hydrogens (primary N) is 1. The molecule has 1 fully saturated rings. The van der Waals surface area contributed by atoms with Gasteiger partial charge in [-0.3, -0.25) is 0 Å². The molecule has 2 aromatic rings. The lowest BCUT2D eigenvalue weighted by atomic mass is 10.3. The van der Waals surface area contributed by atoms with Gasteiger partial charge in [0.15, 0.2) is 5.16 Å². The maximum absolute atomic E-state index is 5.84. The van der Waals surface area contributed by atoms with Gasteiger partial charge in [-0.25, -0.2) is 19.9 Å². The van der Waals surface area contributed by atoms with Crippen molar-refractivity contribution in [1.29, 1.82) is 0 Å². The normalized spacial score (nSPS) is 15.3. The van der Waals surface area contributed by atoms with E-state index in [0.717, 1.165) is 37.9 Å². The highest BCUT2D eigenvalue weighted by Crippen LogP contribution is 2.20. The van der Waals surface area contributed by atoms with Crippen LogP contribution in [0, 0.1) is 0 Å². The Morgan fingerprint density at radius 1 is 1.05 bits per heavy atom. The molecule has 7 nitrogen and oxygen atoms in total. The molecule has 3 rings (SSSR count). The smallest absolute Gasteiger partial charge is 0.225 e. The summed E-state index contributed by atoms with van der Waals surface area (Å²) in [6, 6.07) is 3.65. The molecule has 0 atom stereocenters. The quantitative estimate of drug-likeness (QED) is 0.661. The molecular weight excluding hydrogens is 286 g/mol. The Balaban J connectivity index is 1.70. The number of anilines is 3. The molecule has 0 saturated carbocycles. The Hall–Kier alpha value is -2.09. The van der Waals surface area contributed by atoms with Crippen molar-refractivity contribution >= 4 is 29.3 Å². The number of piperazine rings is 1. The summed E-state index contributed by atoms with van der Waals surface area (Å²) in [5.74, 6) is 2.18. The molecule has 0 unspecified atom stereocenters. The van der Waals surface area contributed by atoms with Crippen LogP contribution >= 0.6 is 11.8 Å². The highest BCUT2D eigenvalue weighted by molar-refractivity contribution is 7.98. The van der Waals surface area contributed by atoms with Crippen molar-refractivity contribution in [1.82, 2.24) is 19.9 Å². The summed E-state index contributed by atoms with van der Waals surface area (Å²) >= 11 is 1.50. The van der Waals surface area contributed by atoms with E-state index in [1.807, 2.05) is 18.4 Å². The van der Waals surface area contributed by atoms with Crippen LogP contribution in [0.25, 0.3) is 0 Å². The van der Waals surface area contributed by atoms with Crippen molar-refractivity contribution in [2.75, 3.05) is 48.0 Å². The van der Waals surface area contributed by atoms with Crippen molar-refractivity contribution in [2.45, 2.75) is 5.16 Å². The van der Waals surface area contributed by atoms with E-state index in [4.69, 9.17) is 5.73 Å². The summed E-state index contributed by atoms with van der Waals surface area (Å²) in [6.07, 6.45) is 5.48. The highest BCUT2D eigenvalue weighted by atomic mass is 32.2. The summed E-state index contributed by atoms with van der Waals surface area (Å²) in [5.41, 5.74) is 5.84. The molecular formula is C13H17N7S. The van der Waals surface area contributed by atoms with Crippen LogP contribution in [0.1, 0.15) is 0 Å². The van der Waals surface area contributed by atoms with E-state index in [9.17, 15) is 0 Å². The highest BCUT2D eigenvalue weighted by Gasteiger charge is 2.20. The number of rotatable bonds is 3. The molecule has 0 amide bonds. The first-order valence-corrected chi connectivity index (χ1v) is 7.94. The van der Waals surface area contributed by atoms with Gasteiger partial charge in [-0.15, -0.1) is 0 Å². The minimum atomic E-state index is 0.512. The second-order valence-electron chi connectivity index (χ2n) is 4.66. The minimum absolute atomic E-state index is 0.512. The first-order chi connectivity index (χ1) is 10.3. The fourth-order valence-electron chi connectivity index (χ4n) is 2.27. The van der Waals surface area contributed by atoms with Crippen LogP contribution in [0.2, 0.25) is 0 Å². The number of nitrogens with zero attached hydrogens (tertiary/aromatic N) is 6. The van der Waals surface area contributed by atoms with Gasteiger partial charge in [-0.1, -0.05) is 11.8 Å². The Bertz CT molecular complexity index is 599. The molecule has 0 aromatic carbocycles. The van der Waals surface area contributed by atoms with E-state index < -0.39 is 0 Å². The molecule has 0 aliphatic carbocycles. The Labute approximate surface area is 127 Å². The molecule has 2 aromatic heterocycles. The van der Waals surface area contributed by atoms with Gasteiger partial charge in [-0.2, -0.15) is 0 Å². The van der Waals surface area contributed by atoms with Crippen LogP contribution in [-0.2, 0) is 0 Å². The number of aromatic nitrogens is 4. The lowest BCUT2D eigenvalue weighted by Crippen LogP contribution is -2.47. The van der Waals surface area contributed by atoms with Gasteiger partial charge in [0.1, 0.15) is 11.6 Å². The molecule has 2 N–H and O–H groups in total. The van der Waals surface area contributed by atoms with E-state index in [2.05, 4.69) is 29.7 Å². The SMILES string of the molecule is CSc1nc(N)cc(N2CCN(c3ncccn3)CC2)n1. The summed E-state index contributed by atoms with van der Waals surface area (Å²) in [6.45, 7) is 3.45. The average Bonchev–Trinajstić information content (AvgIpc) is 2.55. The van der Waals surface area contributed by atoms with Crippen molar-refractivity contribution in [2.24, 2.45) is 0 Å². The van der Waals surface area contributed by atoms with Crippen LogP contribution in [0.4, 0.5) is 17.6 Å². The molecule has 8 heteroatoms. The fourth-order valence-corrected chi connectivity index (χ4v) is 2.66. The zero-order valence-electron chi connectivity index (χ0n) is 11.8. The molecule has 0 spiro atoms. The third kappa shape index (κ3) is 3.15. The van der Waals surface area contributed by atoms with E-state index in [0.29, 0.717) is 11.0 Å². The summed E-state index contributed by atoms with van der Waals surface area (Å²) in [4.78, 5) is 21.7. The summed E-state index contributed by atoms with van der Waals surface area (Å²) in [7, 11) is 0. The maximum atomic E-state index is 5.84. The van der Waals surface area contributed by atoms with E-state index >= 15 is 0 Å². The molecule has 1 aliphatic heterocycles. The molecule has 1 saturated heterocycles. The number of thioether (sulfide) groups is 1. The largest absolute Gasteiger partial charge is 0.383 e. The van der Waals surface area contributed by atoms with Gasteiger partial charge in [0.25, 0.3) is 0 Å². The maximum Gasteiger partial charge on any atom is 0.225 e. The Morgan fingerprint density at radius 3 is 2.38 bits per heavy atom. The predicted molar refractivity (Wildman–Crippen MR) is 84.7 cm³/mol. The lowest BCUT2D eigenvalue weighted by Gasteiger charge is -2.35. The number of hydrogen-bond donors (Lipinski definition) is 1. The van der Waals surface area contributed by atoms with Crippen LogP contribution in [0.3, 0.4) is 0 Å². The van der Waals surface area contributed by atoms with Gasteiger partial charge >= 0.3 is 0 Å². The summed E-state index contributed by atoms with van der Waals surface area (Å²) in [5, 5.41) is 0.707. The average molecular weight is 303 g/mol. The molecule has 0 radical (unpaired) electrons. The van der Waals surface area contributed by atoms with Gasteiger partial charge < -0.3 is 15.5 Å². The zero-order valence-corrected chi connectivity index (χ0v) is 12.6. The Morgan fingerprint density at radius 2 is 1.71 bits per heavy atom. The van der Waals surface area contributed by atoms with Crippen LogP contribution in [0.5, 0.6) is 0 Å². The lowest BCUT2D eigenvalue weighted by molar-refractivity contribution is 0.631. The monoisotopic (exact) mass is 303 g/mol. The van der Waals surface area contributed by atoms with Gasteiger partial charge in [0, 0.05) is 44.6 Å². The molecule has 1 aliphatic rings. The van der Waals surface area contributed by atoms with E-state index in [-0.39, 0.29) is 0 Å². The van der Waals surface area contributed by atoms with Gasteiger partial charge in [-0.05, 0) is 12.3 Å². The third-order valence-electron chi connectivity index (χ3n) is 3.33. The van der Waals surface area contributed by atoms with Crippen molar-refractivity contribution < 1.29 is 0 Å².